The van der Waals surface area contributed by atoms with Gasteiger partial charge in [-0.05, 0) is 36.1 Å². The highest BCUT2D eigenvalue weighted by atomic mass is 32.2. The first-order valence-corrected chi connectivity index (χ1v) is 7.08. The lowest BCUT2D eigenvalue weighted by Gasteiger charge is -2.29. The number of ether oxygens (including phenoxy) is 1. The number of aliphatic hydroxyl groups is 1. The van der Waals surface area contributed by atoms with Gasteiger partial charge in [0.1, 0.15) is 17.7 Å². The molecule has 0 radical (unpaired) electrons. The minimum atomic E-state index is -0.605. The predicted octanol–water partition coefficient (Wildman–Crippen LogP) is 3.15. The quantitative estimate of drug-likeness (QED) is 0.839. The van der Waals surface area contributed by atoms with Crippen molar-refractivity contribution in [3.63, 3.8) is 0 Å². The Labute approximate surface area is 105 Å². The summed E-state index contributed by atoms with van der Waals surface area (Å²) in [7, 11) is 0. The lowest BCUT2D eigenvalue weighted by molar-refractivity contribution is 0.0644. The smallest absolute Gasteiger partial charge is 0.125 e. The van der Waals surface area contributed by atoms with Gasteiger partial charge < -0.3 is 9.84 Å². The van der Waals surface area contributed by atoms with Gasteiger partial charge in [0.15, 0.2) is 0 Å². The second-order valence-corrected chi connectivity index (χ2v) is 5.55. The van der Waals surface area contributed by atoms with Crippen LogP contribution in [0.25, 0.3) is 0 Å². The third-order valence-electron chi connectivity index (χ3n) is 2.90. The SMILES string of the molecule is CCSCCC1CC(O)c2cc(F)ccc2O1. The summed E-state index contributed by atoms with van der Waals surface area (Å²) in [5.74, 6) is 2.42. The highest BCUT2D eigenvalue weighted by Gasteiger charge is 2.26. The molecule has 4 heteroatoms. The van der Waals surface area contributed by atoms with E-state index in [1.54, 1.807) is 6.07 Å². The number of halogens is 1. The number of aliphatic hydroxyl groups excluding tert-OH is 1. The van der Waals surface area contributed by atoms with Crippen LogP contribution in [0.3, 0.4) is 0 Å². The number of hydrogen-bond acceptors (Lipinski definition) is 3. The Bertz CT molecular complexity index is 384. The third-order valence-corrected chi connectivity index (χ3v) is 3.83. The van der Waals surface area contributed by atoms with E-state index in [0.29, 0.717) is 17.7 Å². The van der Waals surface area contributed by atoms with Gasteiger partial charge in [-0.1, -0.05) is 6.92 Å². The number of thioether (sulfide) groups is 1. The molecule has 94 valence electrons. The first kappa shape index (κ1) is 12.7. The van der Waals surface area contributed by atoms with E-state index in [1.807, 2.05) is 11.8 Å². The van der Waals surface area contributed by atoms with E-state index in [0.717, 1.165) is 17.9 Å². The van der Waals surface area contributed by atoms with Crippen molar-refractivity contribution in [2.45, 2.75) is 32.0 Å². The predicted molar refractivity (Wildman–Crippen MR) is 68.0 cm³/mol. The molecule has 0 aromatic heterocycles. The van der Waals surface area contributed by atoms with E-state index in [4.69, 9.17) is 4.74 Å². The highest BCUT2D eigenvalue weighted by molar-refractivity contribution is 7.99. The Morgan fingerprint density at radius 2 is 2.35 bits per heavy atom. The van der Waals surface area contributed by atoms with Crippen LogP contribution in [0.15, 0.2) is 18.2 Å². The average Bonchev–Trinajstić information content (AvgIpc) is 2.31. The minimum Gasteiger partial charge on any atom is -0.490 e. The highest BCUT2D eigenvalue weighted by Crippen LogP contribution is 2.36. The van der Waals surface area contributed by atoms with Crippen LogP contribution in [0.1, 0.15) is 31.4 Å². The molecule has 0 saturated heterocycles. The van der Waals surface area contributed by atoms with Gasteiger partial charge in [-0.25, -0.2) is 4.39 Å². The van der Waals surface area contributed by atoms with Gasteiger partial charge in [0.25, 0.3) is 0 Å². The Morgan fingerprint density at radius 1 is 1.53 bits per heavy atom. The molecular weight excluding hydrogens is 239 g/mol. The van der Waals surface area contributed by atoms with Crippen LogP contribution in [0, 0.1) is 5.82 Å². The van der Waals surface area contributed by atoms with Crippen LogP contribution in [0.4, 0.5) is 4.39 Å². The monoisotopic (exact) mass is 256 g/mol. The molecule has 2 nitrogen and oxygen atoms in total. The zero-order chi connectivity index (χ0) is 12.3. The van der Waals surface area contributed by atoms with E-state index in [2.05, 4.69) is 6.92 Å². The molecule has 1 aliphatic rings. The maximum Gasteiger partial charge on any atom is 0.125 e. The fraction of sp³-hybridized carbons (Fsp3) is 0.538. The molecule has 0 amide bonds. The fourth-order valence-electron chi connectivity index (χ4n) is 2.03. The van der Waals surface area contributed by atoms with Crippen molar-refractivity contribution >= 4 is 11.8 Å². The molecular formula is C13H17FO2S. The van der Waals surface area contributed by atoms with Crippen molar-refractivity contribution in [1.82, 2.24) is 0 Å². The lowest BCUT2D eigenvalue weighted by atomic mass is 9.98. The molecule has 2 unspecified atom stereocenters. The first-order valence-electron chi connectivity index (χ1n) is 5.92. The van der Waals surface area contributed by atoms with Gasteiger partial charge in [-0.2, -0.15) is 11.8 Å². The van der Waals surface area contributed by atoms with Gasteiger partial charge in [0.2, 0.25) is 0 Å². The number of rotatable bonds is 4. The summed E-state index contributed by atoms with van der Waals surface area (Å²) in [5.41, 5.74) is 0.574. The Kier molecular flexibility index (Phi) is 4.29. The molecule has 2 atom stereocenters. The van der Waals surface area contributed by atoms with Crippen LogP contribution >= 0.6 is 11.8 Å². The minimum absolute atomic E-state index is 0.0435. The Hall–Kier alpha value is -0.740. The second-order valence-electron chi connectivity index (χ2n) is 4.16. The van der Waals surface area contributed by atoms with Crippen molar-refractivity contribution in [3.8, 4) is 5.75 Å². The van der Waals surface area contributed by atoms with Gasteiger partial charge in [0, 0.05) is 12.0 Å². The largest absolute Gasteiger partial charge is 0.490 e. The van der Waals surface area contributed by atoms with Gasteiger partial charge in [0.05, 0.1) is 6.10 Å². The van der Waals surface area contributed by atoms with Crippen molar-refractivity contribution in [2.24, 2.45) is 0 Å². The van der Waals surface area contributed by atoms with Crippen molar-refractivity contribution in [3.05, 3.63) is 29.6 Å². The van der Waals surface area contributed by atoms with Crippen molar-refractivity contribution in [1.29, 1.82) is 0 Å². The molecule has 17 heavy (non-hydrogen) atoms. The van der Waals surface area contributed by atoms with Crippen LogP contribution in [-0.4, -0.2) is 22.7 Å². The summed E-state index contributed by atoms with van der Waals surface area (Å²) in [6, 6.07) is 4.33. The van der Waals surface area contributed by atoms with E-state index in [-0.39, 0.29) is 11.9 Å². The van der Waals surface area contributed by atoms with Crippen LogP contribution in [0.2, 0.25) is 0 Å². The van der Waals surface area contributed by atoms with Crippen molar-refractivity contribution < 1.29 is 14.2 Å². The standard InChI is InChI=1S/C13H17FO2S/c1-2-17-6-5-10-8-12(15)11-7-9(14)3-4-13(11)16-10/h3-4,7,10,12,15H,2,5-6,8H2,1H3. The van der Waals surface area contributed by atoms with E-state index in [9.17, 15) is 9.50 Å². The summed E-state index contributed by atoms with van der Waals surface area (Å²) in [6.07, 6.45) is 0.917. The number of hydrogen-bond donors (Lipinski definition) is 1. The fourth-order valence-corrected chi connectivity index (χ4v) is 2.74. The summed E-state index contributed by atoms with van der Waals surface area (Å²) in [4.78, 5) is 0. The van der Waals surface area contributed by atoms with Gasteiger partial charge in [-0.3, -0.25) is 0 Å². The molecule has 2 rings (SSSR count). The van der Waals surface area contributed by atoms with Crippen LogP contribution < -0.4 is 4.74 Å². The lowest BCUT2D eigenvalue weighted by Crippen LogP contribution is -2.26. The Morgan fingerprint density at radius 3 is 3.12 bits per heavy atom. The van der Waals surface area contributed by atoms with Crippen molar-refractivity contribution in [2.75, 3.05) is 11.5 Å². The maximum atomic E-state index is 13.0. The first-order chi connectivity index (χ1) is 8.20. The molecule has 1 aromatic carbocycles. The average molecular weight is 256 g/mol. The topological polar surface area (TPSA) is 29.5 Å². The zero-order valence-corrected chi connectivity index (χ0v) is 10.7. The number of benzene rings is 1. The van der Waals surface area contributed by atoms with Gasteiger partial charge >= 0.3 is 0 Å². The van der Waals surface area contributed by atoms with E-state index >= 15 is 0 Å². The van der Waals surface area contributed by atoms with E-state index < -0.39 is 6.10 Å². The van der Waals surface area contributed by atoms with Crippen LogP contribution in [-0.2, 0) is 0 Å². The molecule has 0 fully saturated rings. The summed E-state index contributed by atoms with van der Waals surface area (Å²) in [6.45, 7) is 2.12. The molecule has 1 heterocycles. The van der Waals surface area contributed by atoms with Crippen LogP contribution in [0.5, 0.6) is 5.75 Å². The summed E-state index contributed by atoms with van der Waals surface area (Å²) in [5, 5.41) is 9.96. The molecule has 1 aliphatic heterocycles. The normalized spacial score (nSPS) is 23.0. The molecule has 0 aliphatic carbocycles. The molecule has 1 N–H and O–H groups in total. The zero-order valence-electron chi connectivity index (χ0n) is 9.86. The summed E-state index contributed by atoms with van der Waals surface area (Å²) >= 11 is 1.87. The Balaban J connectivity index is 2.03. The molecule has 1 aromatic rings. The maximum absolute atomic E-state index is 13.0. The second kappa shape index (κ2) is 5.74. The molecule has 0 saturated carbocycles. The van der Waals surface area contributed by atoms with E-state index in [1.165, 1.54) is 12.1 Å². The summed E-state index contributed by atoms with van der Waals surface area (Å²) < 4.78 is 18.8. The van der Waals surface area contributed by atoms with Gasteiger partial charge in [-0.15, -0.1) is 0 Å². The third kappa shape index (κ3) is 3.13. The molecule has 0 bridgehead atoms. The number of fused-ring (bicyclic) bond motifs is 1. The molecule has 0 spiro atoms.